The Morgan fingerprint density at radius 1 is 0.778 bits per heavy atom. The van der Waals surface area contributed by atoms with Gasteiger partial charge in [0, 0.05) is 17.8 Å². The van der Waals surface area contributed by atoms with Gasteiger partial charge in [-0.05, 0) is 79.1 Å². The zero-order valence-electron chi connectivity index (χ0n) is 20.2. The summed E-state index contributed by atoms with van der Waals surface area (Å²) in [6.07, 6.45) is 0.725. The van der Waals surface area contributed by atoms with Gasteiger partial charge in [0.25, 0.3) is 15.9 Å². The van der Waals surface area contributed by atoms with Crippen LogP contribution >= 0.6 is 0 Å². The fourth-order valence-electron chi connectivity index (χ4n) is 3.87. The second kappa shape index (κ2) is 11.1. The van der Waals surface area contributed by atoms with Crippen molar-refractivity contribution in [2.75, 3.05) is 16.6 Å². The number of carbonyl (C=O) groups excluding carboxylic acids is 1. The number of sulfonamides is 1. The van der Waals surface area contributed by atoms with E-state index < -0.39 is 10.0 Å². The molecule has 0 aromatic heterocycles. The Hall–Kier alpha value is -4.10. The molecular weight excluding hydrogens is 472 g/mol. The molecule has 36 heavy (non-hydrogen) atoms. The summed E-state index contributed by atoms with van der Waals surface area (Å²) in [6, 6.07) is 28.6. The minimum atomic E-state index is -3.77. The van der Waals surface area contributed by atoms with Gasteiger partial charge in [-0.2, -0.15) is 0 Å². The van der Waals surface area contributed by atoms with Gasteiger partial charge in [0.15, 0.2) is 0 Å². The maximum absolute atomic E-state index is 12.9. The van der Waals surface area contributed by atoms with Gasteiger partial charge in [0.1, 0.15) is 5.75 Å². The Kier molecular flexibility index (Phi) is 7.71. The third kappa shape index (κ3) is 6.52. The van der Waals surface area contributed by atoms with E-state index in [0.29, 0.717) is 29.3 Å². The molecule has 0 aliphatic carbocycles. The zero-order chi connectivity index (χ0) is 25.5. The molecule has 0 saturated carbocycles. The third-order valence-electron chi connectivity index (χ3n) is 5.52. The molecule has 0 fully saturated rings. The average Bonchev–Trinajstić information content (AvgIpc) is 2.84. The third-order valence-corrected chi connectivity index (χ3v) is 6.92. The highest BCUT2D eigenvalue weighted by Crippen LogP contribution is 2.23. The topological polar surface area (TPSA) is 84.5 Å². The van der Waals surface area contributed by atoms with E-state index in [1.54, 1.807) is 42.5 Å². The molecular formula is C29H28N2O4S. The molecule has 0 bridgehead atoms. The van der Waals surface area contributed by atoms with Crippen molar-refractivity contribution in [2.24, 2.45) is 0 Å². The van der Waals surface area contributed by atoms with E-state index in [4.69, 9.17) is 4.74 Å². The normalized spacial score (nSPS) is 11.1. The number of nitrogens with one attached hydrogen (secondary N) is 2. The van der Waals surface area contributed by atoms with Crippen LogP contribution in [-0.4, -0.2) is 20.9 Å². The smallest absolute Gasteiger partial charge is 0.261 e. The number of hydrogen-bond donors (Lipinski definition) is 2. The molecule has 0 heterocycles. The lowest BCUT2D eigenvalue weighted by Crippen LogP contribution is -2.15. The molecule has 0 saturated heterocycles. The van der Waals surface area contributed by atoms with Crippen molar-refractivity contribution in [1.82, 2.24) is 0 Å². The van der Waals surface area contributed by atoms with E-state index >= 15 is 0 Å². The van der Waals surface area contributed by atoms with Crippen molar-refractivity contribution in [3.8, 4) is 5.75 Å². The lowest BCUT2D eigenvalue weighted by Gasteiger charge is -2.13. The van der Waals surface area contributed by atoms with Crippen LogP contribution < -0.4 is 14.8 Å². The van der Waals surface area contributed by atoms with Gasteiger partial charge in [0.05, 0.1) is 17.1 Å². The first-order valence-corrected chi connectivity index (χ1v) is 13.1. The fourth-order valence-corrected chi connectivity index (χ4v) is 4.91. The Morgan fingerprint density at radius 2 is 1.42 bits per heavy atom. The van der Waals surface area contributed by atoms with Gasteiger partial charge in [0.2, 0.25) is 0 Å². The summed E-state index contributed by atoms with van der Waals surface area (Å²) in [6.45, 7) is 4.26. The Bertz CT molecular complexity index is 1430. The van der Waals surface area contributed by atoms with Crippen molar-refractivity contribution in [3.63, 3.8) is 0 Å². The van der Waals surface area contributed by atoms with Crippen LogP contribution in [0, 0.1) is 13.8 Å². The number of benzene rings is 4. The quantitative estimate of drug-likeness (QED) is 0.296. The van der Waals surface area contributed by atoms with Crippen LogP contribution in [0.3, 0.4) is 0 Å². The predicted molar refractivity (Wildman–Crippen MR) is 143 cm³/mol. The summed E-state index contributed by atoms with van der Waals surface area (Å²) in [5.41, 5.74) is 4.48. The van der Waals surface area contributed by atoms with Crippen LogP contribution in [-0.2, 0) is 16.4 Å². The molecule has 0 atom stereocenters. The largest absolute Gasteiger partial charge is 0.492 e. The molecule has 2 N–H and O–H groups in total. The van der Waals surface area contributed by atoms with Crippen molar-refractivity contribution < 1.29 is 17.9 Å². The highest BCUT2D eigenvalue weighted by Gasteiger charge is 2.16. The first-order chi connectivity index (χ1) is 17.3. The Labute approximate surface area is 212 Å². The van der Waals surface area contributed by atoms with Crippen LogP contribution in [0.2, 0.25) is 0 Å². The molecule has 184 valence electrons. The predicted octanol–water partition coefficient (Wildman–Crippen LogP) is 5.98. The van der Waals surface area contributed by atoms with Gasteiger partial charge in [-0.25, -0.2) is 8.42 Å². The number of hydrogen-bond acceptors (Lipinski definition) is 4. The number of anilines is 2. The molecule has 6 nitrogen and oxygen atoms in total. The summed E-state index contributed by atoms with van der Waals surface area (Å²) in [7, 11) is -3.77. The maximum atomic E-state index is 12.9. The van der Waals surface area contributed by atoms with Gasteiger partial charge in [-0.3, -0.25) is 9.52 Å². The Morgan fingerprint density at radius 3 is 2.11 bits per heavy atom. The lowest BCUT2D eigenvalue weighted by molar-refractivity contribution is 0.102. The van der Waals surface area contributed by atoms with Crippen LogP contribution in [0.25, 0.3) is 0 Å². The molecule has 7 heteroatoms. The zero-order valence-corrected chi connectivity index (χ0v) is 21.0. The molecule has 0 radical (unpaired) electrons. The monoisotopic (exact) mass is 500 g/mol. The number of para-hydroxylation sites is 1. The molecule has 0 spiro atoms. The second-order valence-corrected chi connectivity index (χ2v) is 10.2. The molecule has 0 aliphatic rings. The van der Waals surface area contributed by atoms with E-state index in [1.165, 1.54) is 12.1 Å². The van der Waals surface area contributed by atoms with E-state index in [1.807, 2.05) is 56.3 Å². The second-order valence-electron chi connectivity index (χ2n) is 8.54. The average molecular weight is 501 g/mol. The van der Waals surface area contributed by atoms with Gasteiger partial charge in [-0.15, -0.1) is 0 Å². The maximum Gasteiger partial charge on any atom is 0.261 e. The van der Waals surface area contributed by atoms with E-state index in [9.17, 15) is 13.2 Å². The van der Waals surface area contributed by atoms with Crippen LogP contribution in [0.1, 0.15) is 27.0 Å². The molecule has 4 rings (SSSR count). The molecule has 4 aromatic rings. The number of rotatable bonds is 9. The van der Waals surface area contributed by atoms with Gasteiger partial charge in [-0.1, -0.05) is 48.5 Å². The van der Waals surface area contributed by atoms with Crippen LogP contribution in [0.4, 0.5) is 11.4 Å². The van der Waals surface area contributed by atoms with Gasteiger partial charge < -0.3 is 10.1 Å². The van der Waals surface area contributed by atoms with E-state index in [-0.39, 0.29) is 10.8 Å². The highest BCUT2D eigenvalue weighted by atomic mass is 32.2. The van der Waals surface area contributed by atoms with Crippen LogP contribution in [0.15, 0.2) is 102 Å². The summed E-state index contributed by atoms with van der Waals surface area (Å²) >= 11 is 0. The first kappa shape index (κ1) is 25.0. The number of carbonyl (C=O) groups is 1. The van der Waals surface area contributed by atoms with Crippen molar-refractivity contribution in [2.45, 2.75) is 25.2 Å². The van der Waals surface area contributed by atoms with Gasteiger partial charge >= 0.3 is 0 Å². The SMILES string of the molecule is Cc1cc(C)cc(NS(=O)(=O)c2ccc(NC(=O)c3ccccc3OCCc3ccccc3)cc2)c1. The molecule has 0 unspecified atom stereocenters. The number of aryl methyl sites for hydroxylation is 2. The fraction of sp³-hybridized carbons (Fsp3) is 0.138. The standard InChI is InChI=1S/C29H28N2O4S/c1-21-18-22(2)20-25(19-21)31-36(33,34)26-14-12-24(13-15-26)30-29(32)27-10-6-7-11-28(27)35-17-16-23-8-4-3-5-9-23/h3-15,18-20,31H,16-17H2,1-2H3,(H,30,32). The van der Waals surface area contributed by atoms with Crippen LogP contribution in [0.5, 0.6) is 5.75 Å². The lowest BCUT2D eigenvalue weighted by atomic mass is 10.1. The van der Waals surface area contributed by atoms with Crippen molar-refractivity contribution in [3.05, 3.63) is 119 Å². The first-order valence-electron chi connectivity index (χ1n) is 11.6. The van der Waals surface area contributed by atoms with E-state index in [0.717, 1.165) is 23.1 Å². The minimum Gasteiger partial charge on any atom is -0.492 e. The van der Waals surface area contributed by atoms with Crippen molar-refractivity contribution in [1.29, 1.82) is 0 Å². The van der Waals surface area contributed by atoms with E-state index in [2.05, 4.69) is 10.0 Å². The number of ether oxygens (including phenoxy) is 1. The molecule has 1 amide bonds. The van der Waals surface area contributed by atoms with Crippen molar-refractivity contribution >= 4 is 27.3 Å². The summed E-state index contributed by atoms with van der Waals surface area (Å²) in [5.74, 6) is 0.150. The Balaban J connectivity index is 1.41. The molecule has 4 aromatic carbocycles. The highest BCUT2D eigenvalue weighted by molar-refractivity contribution is 7.92. The number of amides is 1. The summed E-state index contributed by atoms with van der Waals surface area (Å²) in [4.78, 5) is 13.0. The minimum absolute atomic E-state index is 0.101. The molecule has 0 aliphatic heterocycles. The summed E-state index contributed by atoms with van der Waals surface area (Å²) in [5, 5.41) is 2.82. The summed E-state index contributed by atoms with van der Waals surface area (Å²) < 4.78 is 34.1.